The number of unbranched alkanes of at least 4 members (excludes halogenated alkanes) is 2. The molecule has 0 unspecified atom stereocenters. The van der Waals surface area contributed by atoms with Crippen LogP contribution in [0.5, 0.6) is 11.9 Å². The minimum Gasteiger partial charge on any atom is -0.467 e. The zero-order valence-corrected chi connectivity index (χ0v) is 11.6. The second kappa shape index (κ2) is 7.50. The summed E-state index contributed by atoms with van der Waals surface area (Å²) in [6.45, 7) is 0.206. The van der Waals surface area contributed by atoms with Crippen LogP contribution in [0.25, 0.3) is 0 Å². The largest absolute Gasteiger partial charge is 0.467 e. The topological polar surface area (TPSA) is 44.2 Å². The highest BCUT2D eigenvalue weighted by Crippen LogP contribution is 2.35. The fourth-order valence-electron chi connectivity index (χ4n) is 1.39. The molecule has 0 amide bonds. The number of aromatic nitrogens is 2. The minimum atomic E-state index is -4.93. The lowest BCUT2D eigenvalue weighted by molar-refractivity contribution is -0.159. The van der Waals surface area contributed by atoms with Crippen molar-refractivity contribution in [3.63, 3.8) is 0 Å². The molecule has 0 aliphatic rings. The van der Waals surface area contributed by atoms with Gasteiger partial charge in [0.2, 0.25) is 5.88 Å². The third kappa shape index (κ3) is 6.35. The Morgan fingerprint density at radius 2 is 1.73 bits per heavy atom. The summed E-state index contributed by atoms with van der Waals surface area (Å²) >= 11 is 0. The Bertz CT molecular complexity index is 476. The summed E-state index contributed by atoms with van der Waals surface area (Å²) in [4.78, 5) is 6.60. The molecule has 0 spiro atoms. The van der Waals surface area contributed by atoms with Crippen LogP contribution < -0.4 is 9.47 Å². The summed E-state index contributed by atoms with van der Waals surface area (Å²) in [7, 11) is 0. The number of halogens is 6. The summed E-state index contributed by atoms with van der Waals surface area (Å²) < 4.78 is 83.4. The van der Waals surface area contributed by atoms with Crippen LogP contribution in [0.1, 0.15) is 31.7 Å². The Balaban J connectivity index is 2.86. The summed E-state index contributed by atoms with van der Waals surface area (Å²) in [5.41, 5.74) is -1.49. The summed E-state index contributed by atoms with van der Waals surface area (Å²) in [5.74, 6) is -1.20. The van der Waals surface area contributed by atoms with E-state index in [-0.39, 0.29) is 6.61 Å². The van der Waals surface area contributed by atoms with Gasteiger partial charge in [-0.2, -0.15) is 31.3 Å². The van der Waals surface area contributed by atoms with Crippen molar-refractivity contribution in [2.45, 2.75) is 38.5 Å². The maximum Gasteiger partial charge on any atom is 0.423 e. The minimum absolute atomic E-state index is 0.151. The number of nitrogens with zero attached hydrogens (tertiary/aromatic N) is 2. The van der Waals surface area contributed by atoms with Gasteiger partial charge in [0.15, 0.2) is 6.61 Å². The lowest BCUT2D eigenvalue weighted by atomic mass is 10.3. The molecular formula is C12H14F6N2O2. The Hall–Kier alpha value is -1.74. The first-order chi connectivity index (χ1) is 10.1. The molecule has 0 fully saturated rings. The first-order valence-corrected chi connectivity index (χ1v) is 6.40. The van der Waals surface area contributed by atoms with Gasteiger partial charge in [0.1, 0.15) is 5.56 Å². The number of alkyl halides is 6. The van der Waals surface area contributed by atoms with Crippen molar-refractivity contribution in [3.8, 4) is 11.9 Å². The zero-order valence-electron chi connectivity index (χ0n) is 11.6. The molecule has 1 aromatic heterocycles. The maximum atomic E-state index is 12.7. The highest BCUT2D eigenvalue weighted by molar-refractivity contribution is 5.28. The Labute approximate surface area is 122 Å². The SMILES string of the molecule is CCCCCOc1ncc(C(F)(F)F)c(OCC(F)(F)F)n1. The average Bonchev–Trinajstić information content (AvgIpc) is 2.39. The number of ether oxygens (including phenoxy) is 2. The van der Waals surface area contributed by atoms with Crippen LogP contribution >= 0.6 is 0 Å². The van der Waals surface area contributed by atoms with E-state index in [2.05, 4.69) is 14.7 Å². The molecule has 0 bridgehead atoms. The first kappa shape index (κ1) is 18.3. The Kier molecular flexibility index (Phi) is 6.24. The van der Waals surface area contributed by atoms with Gasteiger partial charge in [0.25, 0.3) is 0 Å². The van der Waals surface area contributed by atoms with Crippen LogP contribution in [-0.2, 0) is 6.18 Å². The molecule has 0 aliphatic heterocycles. The summed E-state index contributed by atoms with van der Waals surface area (Å²) in [6, 6.07) is -0.457. The molecule has 0 saturated heterocycles. The average molecular weight is 332 g/mol. The predicted octanol–water partition coefficient (Wildman–Crippen LogP) is 4.01. The lowest BCUT2D eigenvalue weighted by Crippen LogP contribution is -2.22. The molecule has 0 aliphatic carbocycles. The monoisotopic (exact) mass is 332 g/mol. The molecule has 0 saturated carbocycles. The van der Waals surface area contributed by atoms with Crippen molar-refractivity contribution in [3.05, 3.63) is 11.8 Å². The van der Waals surface area contributed by atoms with Gasteiger partial charge in [0, 0.05) is 0 Å². The standard InChI is InChI=1S/C12H14F6N2O2/c1-2-3-4-5-21-10-19-6-8(12(16,17)18)9(20-10)22-7-11(13,14)15/h6H,2-5,7H2,1H3. The second-order valence-corrected chi connectivity index (χ2v) is 4.33. The highest BCUT2D eigenvalue weighted by Gasteiger charge is 2.38. The van der Waals surface area contributed by atoms with Crippen LogP contribution in [0.2, 0.25) is 0 Å². The molecule has 1 heterocycles. The number of rotatable bonds is 7. The van der Waals surface area contributed by atoms with Gasteiger partial charge in [-0.25, -0.2) is 4.98 Å². The van der Waals surface area contributed by atoms with Gasteiger partial charge in [-0.1, -0.05) is 19.8 Å². The van der Waals surface area contributed by atoms with Crippen LogP contribution in [-0.4, -0.2) is 29.4 Å². The highest BCUT2D eigenvalue weighted by atomic mass is 19.4. The Morgan fingerprint density at radius 3 is 2.27 bits per heavy atom. The maximum absolute atomic E-state index is 12.7. The third-order valence-electron chi connectivity index (χ3n) is 2.39. The summed E-state index contributed by atoms with van der Waals surface area (Å²) in [5, 5.41) is 0. The van der Waals surface area contributed by atoms with Crippen LogP contribution in [0.4, 0.5) is 26.3 Å². The number of hydrogen-bond acceptors (Lipinski definition) is 4. The smallest absolute Gasteiger partial charge is 0.423 e. The van der Waals surface area contributed by atoms with Crippen molar-refractivity contribution in [1.29, 1.82) is 0 Å². The molecule has 126 valence electrons. The molecule has 10 heteroatoms. The predicted molar refractivity (Wildman–Crippen MR) is 63.6 cm³/mol. The van der Waals surface area contributed by atoms with E-state index in [1.54, 1.807) is 0 Å². The van der Waals surface area contributed by atoms with E-state index in [4.69, 9.17) is 4.74 Å². The van der Waals surface area contributed by atoms with Crippen LogP contribution in [0.3, 0.4) is 0 Å². The molecule has 1 aromatic rings. The van der Waals surface area contributed by atoms with Crippen LogP contribution in [0.15, 0.2) is 6.20 Å². The summed E-state index contributed by atoms with van der Waals surface area (Å²) in [6.07, 6.45) is -7.01. The molecular weight excluding hydrogens is 318 g/mol. The van der Waals surface area contributed by atoms with E-state index in [0.29, 0.717) is 12.6 Å². The number of hydrogen-bond donors (Lipinski definition) is 0. The van der Waals surface area contributed by atoms with E-state index in [9.17, 15) is 26.3 Å². The van der Waals surface area contributed by atoms with Crippen molar-refractivity contribution in [2.24, 2.45) is 0 Å². The van der Waals surface area contributed by atoms with E-state index >= 15 is 0 Å². The van der Waals surface area contributed by atoms with Crippen molar-refractivity contribution in [1.82, 2.24) is 9.97 Å². The zero-order chi connectivity index (χ0) is 16.8. The van der Waals surface area contributed by atoms with Gasteiger partial charge >= 0.3 is 18.4 Å². The molecule has 0 radical (unpaired) electrons. The van der Waals surface area contributed by atoms with Crippen molar-refractivity contribution in [2.75, 3.05) is 13.2 Å². The quantitative estimate of drug-likeness (QED) is 0.559. The van der Waals surface area contributed by atoms with Gasteiger partial charge in [-0.05, 0) is 6.42 Å². The Morgan fingerprint density at radius 1 is 1.05 bits per heavy atom. The van der Waals surface area contributed by atoms with Crippen molar-refractivity contribution < 1.29 is 35.8 Å². The van der Waals surface area contributed by atoms with Gasteiger partial charge in [0.05, 0.1) is 12.8 Å². The van der Waals surface area contributed by atoms with Gasteiger partial charge in [-0.15, -0.1) is 0 Å². The van der Waals surface area contributed by atoms with E-state index in [1.807, 2.05) is 6.92 Å². The molecule has 22 heavy (non-hydrogen) atoms. The molecule has 0 atom stereocenters. The fraction of sp³-hybridized carbons (Fsp3) is 0.667. The normalized spacial score (nSPS) is 12.3. The molecule has 1 rings (SSSR count). The molecule has 0 N–H and O–H groups in total. The van der Waals surface area contributed by atoms with Crippen LogP contribution in [0, 0.1) is 0 Å². The van der Waals surface area contributed by atoms with Gasteiger partial charge in [-0.3, -0.25) is 0 Å². The third-order valence-corrected chi connectivity index (χ3v) is 2.39. The fourth-order valence-corrected chi connectivity index (χ4v) is 1.39. The second-order valence-electron chi connectivity index (χ2n) is 4.33. The van der Waals surface area contributed by atoms with E-state index in [0.717, 1.165) is 12.8 Å². The van der Waals surface area contributed by atoms with E-state index < -0.39 is 36.4 Å². The molecule has 4 nitrogen and oxygen atoms in total. The molecule has 0 aromatic carbocycles. The first-order valence-electron chi connectivity index (χ1n) is 6.40. The van der Waals surface area contributed by atoms with Gasteiger partial charge < -0.3 is 9.47 Å². The lowest BCUT2D eigenvalue weighted by Gasteiger charge is -2.14. The van der Waals surface area contributed by atoms with E-state index in [1.165, 1.54) is 0 Å². The van der Waals surface area contributed by atoms with Crippen molar-refractivity contribution >= 4 is 0 Å².